The molecule has 1 aliphatic heterocycles. The smallest absolute Gasteiger partial charge is 0.238 e. The van der Waals surface area contributed by atoms with Gasteiger partial charge >= 0.3 is 0 Å². The molecule has 3 N–H and O–H groups in total. The number of methoxy groups -OCH3 is 2. The van der Waals surface area contributed by atoms with Crippen LogP contribution in [0.15, 0.2) is 18.2 Å². The molecule has 2 rings (SSSR count). The Kier molecular flexibility index (Phi) is 7.44. The first-order valence-electron chi connectivity index (χ1n) is 7.12. The minimum atomic E-state index is -0.0299. The molecule has 1 heterocycles. The fraction of sp³-hybridized carbons (Fsp3) is 0.533. The van der Waals surface area contributed by atoms with Crippen molar-refractivity contribution in [3.8, 4) is 11.5 Å². The fourth-order valence-corrected chi connectivity index (χ4v) is 2.43. The molecule has 1 aromatic rings. The Hall–Kier alpha value is -1.50. The van der Waals surface area contributed by atoms with Gasteiger partial charge in [0, 0.05) is 30.9 Å². The molecule has 6 nitrogen and oxygen atoms in total. The van der Waals surface area contributed by atoms with Crippen LogP contribution in [-0.4, -0.2) is 50.7 Å². The normalized spacial score (nSPS) is 15.8. The highest BCUT2D eigenvalue weighted by atomic mass is 35.5. The van der Waals surface area contributed by atoms with E-state index in [9.17, 15) is 4.79 Å². The predicted octanol–water partition coefficient (Wildman–Crippen LogP) is 1.49. The van der Waals surface area contributed by atoms with E-state index in [1.165, 1.54) is 0 Å². The number of halogens is 1. The van der Waals surface area contributed by atoms with Gasteiger partial charge in [-0.15, -0.1) is 12.4 Å². The molecule has 1 amide bonds. The van der Waals surface area contributed by atoms with Gasteiger partial charge in [-0.25, -0.2) is 0 Å². The molecule has 0 unspecified atom stereocenters. The van der Waals surface area contributed by atoms with Gasteiger partial charge in [0.05, 0.1) is 20.8 Å². The number of hydrogen-bond acceptors (Lipinski definition) is 5. The SMILES string of the molecule is COc1ccc(NC(=O)CN2CCC(N)CC2)cc1OC.Cl. The zero-order valence-corrected chi connectivity index (χ0v) is 13.8. The molecule has 1 saturated heterocycles. The summed E-state index contributed by atoms with van der Waals surface area (Å²) in [4.78, 5) is 14.2. The highest BCUT2D eigenvalue weighted by Gasteiger charge is 2.18. The molecule has 0 saturated carbocycles. The molecule has 0 aliphatic carbocycles. The maximum absolute atomic E-state index is 12.1. The van der Waals surface area contributed by atoms with Crippen molar-refractivity contribution in [3.05, 3.63) is 18.2 Å². The van der Waals surface area contributed by atoms with E-state index >= 15 is 0 Å². The minimum absolute atomic E-state index is 0. The fourth-order valence-electron chi connectivity index (χ4n) is 2.43. The number of likely N-dealkylation sites (tertiary alicyclic amines) is 1. The first kappa shape index (κ1) is 18.5. The number of ether oxygens (including phenoxy) is 2. The Labute approximate surface area is 137 Å². The molecule has 0 spiro atoms. The van der Waals surface area contributed by atoms with Crippen molar-refractivity contribution in [3.63, 3.8) is 0 Å². The van der Waals surface area contributed by atoms with Gasteiger partial charge in [0.2, 0.25) is 5.91 Å². The molecule has 1 fully saturated rings. The van der Waals surface area contributed by atoms with Crippen LogP contribution in [0.2, 0.25) is 0 Å². The van der Waals surface area contributed by atoms with E-state index in [1.54, 1.807) is 32.4 Å². The third-order valence-corrected chi connectivity index (χ3v) is 3.67. The molecule has 0 aromatic heterocycles. The summed E-state index contributed by atoms with van der Waals surface area (Å²) in [6.45, 7) is 2.14. The van der Waals surface area contributed by atoms with Gasteiger partial charge in [-0.3, -0.25) is 9.69 Å². The predicted molar refractivity (Wildman–Crippen MR) is 89.1 cm³/mol. The van der Waals surface area contributed by atoms with Gasteiger partial charge in [-0.2, -0.15) is 0 Å². The van der Waals surface area contributed by atoms with Crippen LogP contribution < -0.4 is 20.5 Å². The quantitative estimate of drug-likeness (QED) is 0.856. The number of hydrogen-bond donors (Lipinski definition) is 2. The van der Waals surface area contributed by atoms with E-state index in [0.717, 1.165) is 25.9 Å². The number of nitrogens with two attached hydrogens (primary N) is 1. The largest absolute Gasteiger partial charge is 0.493 e. The van der Waals surface area contributed by atoms with Crippen LogP contribution in [0.5, 0.6) is 11.5 Å². The van der Waals surface area contributed by atoms with E-state index in [2.05, 4.69) is 10.2 Å². The van der Waals surface area contributed by atoms with E-state index < -0.39 is 0 Å². The Bertz CT molecular complexity index is 491. The van der Waals surface area contributed by atoms with Crippen LogP contribution in [0.1, 0.15) is 12.8 Å². The van der Waals surface area contributed by atoms with Crippen molar-refractivity contribution < 1.29 is 14.3 Å². The van der Waals surface area contributed by atoms with Gasteiger partial charge in [-0.05, 0) is 25.0 Å². The van der Waals surface area contributed by atoms with Crippen LogP contribution >= 0.6 is 12.4 Å². The molecule has 124 valence electrons. The van der Waals surface area contributed by atoms with Crippen molar-refractivity contribution >= 4 is 24.0 Å². The number of nitrogens with zero attached hydrogens (tertiary/aromatic N) is 1. The van der Waals surface area contributed by atoms with Crippen molar-refractivity contribution in [1.29, 1.82) is 0 Å². The minimum Gasteiger partial charge on any atom is -0.493 e. The number of amides is 1. The average Bonchev–Trinajstić information content (AvgIpc) is 2.49. The number of anilines is 1. The summed E-state index contributed by atoms with van der Waals surface area (Å²) in [6, 6.07) is 5.60. The summed E-state index contributed by atoms with van der Waals surface area (Å²) in [5, 5.41) is 2.88. The van der Waals surface area contributed by atoms with Crippen molar-refractivity contribution in [2.75, 3.05) is 39.2 Å². The van der Waals surface area contributed by atoms with Crippen LogP contribution in [0.3, 0.4) is 0 Å². The van der Waals surface area contributed by atoms with Gasteiger partial charge in [0.15, 0.2) is 11.5 Å². The summed E-state index contributed by atoms with van der Waals surface area (Å²) in [5.41, 5.74) is 6.56. The Morgan fingerprint density at radius 2 is 1.91 bits per heavy atom. The summed E-state index contributed by atoms with van der Waals surface area (Å²) in [6.07, 6.45) is 1.90. The first-order valence-corrected chi connectivity index (χ1v) is 7.12. The molecule has 0 radical (unpaired) electrons. The summed E-state index contributed by atoms with van der Waals surface area (Å²) in [7, 11) is 3.15. The first-order chi connectivity index (χ1) is 10.1. The van der Waals surface area contributed by atoms with Gasteiger partial charge in [0.1, 0.15) is 0 Å². The molecular weight excluding hydrogens is 306 g/mol. The maximum atomic E-state index is 12.1. The van der Waals surface area contributed by atoms with E-state index in [4.69, 9.17) is 15.2 Å². The highest BCUT2D eigenvalue weighted by Crippen LogP contribution is 2.29. The third-order valence-electron chi connectivity index (χ3n) is 3.67. The lowest BCUT2D eigenvalue weighted by Crippen LogP contribution is -2.43. The summed E-state index contributed by atoms with van der Waals surface area (Å²) >= 11 is 0. The van der Waals surface area contributed by atoms with Crippen molar-refractivity contribution in [1.82, 2.24) is 4.90 Å². The van der Waals surface area contributed by atoms with Crippen LogP contribution in [0, 0.1) is 0 Å². The Morgan fingerprint density at radius 1 is 1.27 bits per heavy atom. The zero-order chi connectivity index (χ0) is 15.2. The van der Waals surface area contributed by atoms with Crippen LogP contribution in [0.4, 0.5) is 5.69 Å². The maximum Gasteiger partial charge on any atom is 0.238 e. The number of piperidine rings is 1. The number of benzene rings is 1. The molecule has 0 atom stereocenters. The van der Waals surface area contributed by atoms with Crippen LogP contribution in [0.25, 0.3) is 0 Å². The standard InChI is InChI=1S/C15H23N3O3.ClH/c1-20-13-4-3-12(9-14(13)21-2)17-15(19)10-18-7-5-11(16)6-8-18;/h3-4,9,11H,5-8,10,16H2,1-2H3,(H,17,19);1H. The van der Waals surface area contributed by atoms with Crippen molar-refractivity contribution in [2.24, 2.45) is 5.73 Å². The van der Waals surface area contributed by atoms with E-state index in [1.807, 2.05) is 0 Å². The molecule has 22 heavy (non-hydrogen) atoms. The number of carbonyl (C=O) groups excluding carboxylic acids is 1. The molecule has 0 bridgehead atoms. The van der Waals surface area contributed by atoms with Crippen LogP contribution in [-0.2, 0) is 4.79 Å². The Balaban J connectivity index is 0.00000242. The molecule has 1 aliphatic rings. The second kappa shape index (κ2) is 8.82. The summed E-state index contributed by atoms with van der Waals surface area (Å²) in [5.74, 6) is 1.21. The number of rotatable bonds is 5. The lowest BCUT2D eigenvalue weighted by atomic mass is 10.1. The Morgan fingerprint density at radius 3 is 2.50 bits per heavy atom. The van der Waals surface area contributed by atoms with E-state index in [0.29, 0.717) is 23.7 Å². The topological polar surface area (TPSA) is 76.8 Å². The van der Waals surface area contributed by atoms with Gasteiger partial charge < -0.3 is 20.5 Å². The summed E-state index contributed by atoms with van der Waals surface area (Å²) < 4.78 is 10.4. The zero-order valence-electron chi connectivity index (χ0n) is 13.0. The monoisotopic (exact) mass is 329 g/mol. The number of nitrogens with one attached hydrogen (secondary N) is 1. The van der Waals surface area contributed by atoms with Gasteiger partial charge in [0.25, 0.3) is 0 Å². The third kappa shape index (κ3) is 5.05. The van der Waals surface area contributed by atoms with E-state index in [-0.39, 0.29) is 24.4 Å². The van der Waals surface area contributed by atoms with Gasteiger partial charge in [-0.1, -0.05) is 0 Å². The molecule has 7 heteroatoms. The lowest BCUT2D eigenvalue weighted by molar-refractivity contribution is -0.117. The molecular formula is C15H24ClN3O3. The second-order valence-corrected chi connectivity index (χ2v) is 5.23. The van der Waals surface area contributed by atoms with Crippen molar-refractivity contribution in [2.45, 2.75) is 18.9 Å². The number of carbonyl (C=O) groups is 1. The highest BCUT2D eigenvalue weighted by molar-refractivity contribution is 5.92. The molecule has 1 aromatic carbocycles. The second-order valence-electron chi connectivity index (χ2n) is 5.23. The lowest BCUT2D eigenvalue weighted by Gasteiger charge is -2.29. The average molecular weight is 330 g/mol.